The first kappa shape index (κ1) is 14.6. The number of anilines is 1. The first-order chi connectivity index (χ1) is 10.1. The third-order valence-corrected chi connectivity index (χ3v) is 4.82. The van der Waals surface area contributed by atoms with Crippen molar-refractivity contribution in [3.05, 3.63) is 45.6 Å². The standard InChI is InChI=1S/C17H22BrN3/c1-11(2)10-14-16(18)17-19-9-8-15(21(17)20-14)13-6-4-12(3)5-7-13/h4-7,11,15,19H,8-10H2,1-3H3. The molecule has 0 amide bonds. The van der Waals surface area contributed by atoms with Gasteiger partial charge in [0.2, 0.25) is 0 Å². The molecule has 2 aromatic rings. The molecule has 112 valence electrons. The van der Waals surface area contributed by atoms with Crippen molar-refractivity contribution in [3.63, 3.8) is 0 Å². The van der Waals surface area contributed by atoms with Gasteiger partial charge in [0.1, 0.15) is 5.82 Å². The Hall–Kier alpha value is -1.29. The van der Waals surface area contributed by atoms with E-state index in [0.717, 1.165) is 35.4 Å². The Balaban J connectivity index is 1.99. The lowest BCUT2D eigenvalue weighted by molar-refractivity contribution is 0.474. The van der Waals surface area contributed by atoms with Crippen LogP contribution in [0.1, 0.15) is 43.1 Å². The summed E-state index contributed by atoms with van der Waals surface area (Å²) in [7, 11) is 0. The van der Waals surface area contributed by atoms with Crippen LogP contribution in [0.15, 0.2) is 28.7 Å². The molecular formula is C17H22BrN3. The van der Waals surface area contributed by atoms with E-state index in [4.69, 9.17) is 5.10 Å². The molecule has 4 heteroatoms. The topological polar surface area (TPSA) is 29.9 Å². The van der Waals surface area contributed by atoms with Gasteiger partial charge in [-0.3, -0.25) is 0 Å². The van der Waals surface area contributed by atoms with Gasteiger partial charge < -0.3 is 5.32 Å². The molecule has 3 rings (SSSR count). The largest absolute Gasteiger partial charge is 0.369 e. The van der Waals surface area contributed by atoms with Gasteiger partial charge >= 0.3 is 0 Å². The van der Waals surface area contributed by atoms with Crippen molar-refractivity contribution in [1.82, 2.24) is 9.78 Å². The minimum absolute atomic E-state index is 0.332. The number of fused-ring (bicyclic) bond motifs is 1. The molecule has 0 saturated carbocycles. The van der Waals surface area contributed by atoms with Crippen LogP contribution in [0, 0.1) is 12.8 Å². The predicted octanol–water partition coefficient (Wildman–Crippen LogP) is 4.56. The summed E-state index contributed by atoms with van der Waals surface area (Å²) in [5.41, 5.74) is 3.80. The molecular weight excluding hydrogens is 326 g/mol. The Kier molecular flexibility index (Phi) is 4.07. The van der Waals surface area contributed by atoms with E-state index < -0.39 is 0 Å². The number of halogens is 1. The van der Waals surface area contributed by atoms with Crippen molar-refractivity contribution in [2.24, 2.45) is 5.92 Å². The van der Waals surface area contributed by atoms with Crippen LogP contribution in [0.25, 0.3) is 0 Å². The highest BCUT2D eigenvalue weighted by Crippen LogP contribution is 2.36. The van der Waals surface area contributed by atoms with Gasteiger partial charge in [-0.25, -0.2) is 4.68 Å². The fourth-order valence-corrected chi connectivity index (χ4v) is 3.47. The van der Waals surface area contributed by atoms with Gasteiger partial charge in [0.25, 0.3) is 0 Å². The summed E-state index contributed by atoms with van der Waals surface area (Å²) in [4.78, 5) is 0. The number of nitrogens with zero attached hydrogens (tertiary/aromatic N) is 2. The third kappa shape index (κ3) is 2.86. The van der Waals surface area contributed by atoms with Gasteiger partial charge in [-0.05, 0) is 47.2 Å². The summed E-state index contributed by atoms with van der Waals surface area (Å²) in [6.07, 6.45) is 2.08. The molecule has 0 aliphatic carbocycles. The molecule has 1 aliphatic heterocycles. The van der Waals surface area contributed by atoms with Gasteiger partial charge in [0.05, 0.1) is 16.2 Å². The second-order valence-electron chi connectivity index (χ2n) is 6.29. The summed E-state index contributed by atoms with van der Waals surface area (Å²) in [5, 5.41) is 8.37. The zero-order valence-electron chi connectivity index (χ0n) is 12.9. The minimum atomic E-state index is 0.332. The van der Waals surface area contributed by atoms with Crippen LogP contribution in [-0.4, -0.2) is 16.3 Å². The Morgan fingerprint density at radius 1 is 1.33 bits per heavy atom. The summed E-state index contributed by atoms with van der Waals surface area (Å²) in [5.74, 6) is 1.73. The van der Waals surface area contributed by atoms with E-state index in [0.29, 0.717) is 12.0 Å². The number of hydrogen-bond acceptors (Lipinski definition) is 2. The highest BCUT2D eigenvalue weighted by Gasteiger charge is 2.26. The zero-order chi connectivity index (χ0) is 15.0. The Labute approximate surface area is 134 Å². The fourth-order valence-electron chi connectivity index (χ4n) is 2.91. The highest BCUT2D eigenvalue weighted by molar-refractivity contribution is 9.10. The summed E-state index contributed by atoms with van der Waals surface area (Å²) >= 11 is 3.73. The van der Waals surface area contributed by atoms with Crippen LogP contribution >= 0.6 is 15.9 Å². The molecule has 0 radical (unpaired) electrons. The maximum absolute atomic E-state index is 4.88. The van der Waals surface area contributed by atoms with E-state index >= 15 is 0 Å². The van der Waals surface area contributed by atoms with Crippen LogP contribution in [0.4, 0.5) is 5.82 Å². The third-order valence-electron chi connectivity index (χ3n) is 3.99. The van der Waals surface area contributed by atoms with E-state index in [-0.39, 0.29) is 0 Å². The fraction of sp³-hybridized carbons (Fsp3) is 0.471. The molecule has 3 nitrogen and oxygen atoms in total. The van der Waals surface area contributed by atoms with Gasteiger partial charge in [-0.1, -0.05) is 43.7 Å². The van der Waals surface area contributed by atoms with E-state index in [1.165, 1.54) is 11.1 Å². The second kappa shape index (κ2) is 5.84. The Bertz CT molecular complexity index is 628. The van der Waals surface area contributed by atoms with E-state index in [2.05, 4.69) is 71.0 Å². The molecule has 1 aromatic carbocycles. The van der Waals surface area contributed by atoms with Crippen LogP contribution in [-0.2, 0) is 6.42 Å². The number of nitrogens with one attached hydrogen (secondary N) is 1. The van der Waals surface area contributed by atoms with Crippen molar-refractivity contribution in [2.45, 2.75) is 39.7 Å². The average Bonchev–Trinajstić information content (AvgIpc) is 2.76. The van der Waals surface area contributed by atoms with Crippen molar-refractivity contribution in [2.75, 3.05) is 11.9 Å². The monoisotopic (exact) mass is 347 g/mol. The second-order valence-corrected chi connectivity index (χ2v) is 7.09. The molecule has 0 bridgehead atoms. The Morgan fingerprint density at radius 3 is 2.71 bits per heavy atom. The van der Waals surface area contributed by atoms with Crippen molar-refractivity contribution in [3.8, 4) is 0 Å². The molecule has 0 fully saturated rings. The van der Waals surface area contributed by atoms with Gasteiger partial charge in [-0.15, -0.1) is 0 Å². The zero-order valence-corrected chi connectivity index (χ0v) is 14.4. The maximum Gasteiger partial charge on any atom is 0.139 e. The SMILES string of the molecule is Cc1ccc(C2CCNc3c(Br)c(CC(C)C)nn32)cc1. The molecule has 1 unspecified atom stereocenters. The number of aromatic nitrogens is 2. The minimum Gasteiger partial charge on any atom is -0.369 e. The smallest absolute Gasteiger partial charge is 0.139 e. The average molecular weight is 348 g/mol. The number of hydrogen-bond donors (Lipinski definition) is 1. The van der Waals surface area contributed by atoms with Gasteiger partial charge in [0, 0.05) is 6.54 Å². The lowest BCUT2D eigenvalue weighted by atomic mass is 10.0. The molecule has 1 aromatic heterocycles. The molecule has 21 heavy (non-hydrogen) atoms. The summed E-state index contributed by atoms with van der Waals surface area (Å²) < 4.78 is 3.30. The number of aryl methyl sites for hydroxylation is 1. The van der Waals surface area contributed by atoms with Crippen LogP contribution < -0.4 is 5.32 Å². The van der Waals surface area contributed by atoms with Crippen molar-refractivity contribution >= 4 is 21.7 Å². The van der Waals surface area contributed by atoms with Crippen LogP contribution in [0.2, 0.25) is 0 Å². The summed E-state index contributed by atoms with van der Waals surface area (Å²) in [6.45, 7) is 7.58. The van der Waals surface area contributed by atoms with Gasteiger partial charge in [0.15, 0.2) is 0 Å². The molecule has 1 aliphatic rings. The molecule has 1 N–H and O–H groups in total. The van der Waals surface area contributed by atoms with Crippen molar-refractivity contribution < 1.29 is 0 Å². The quantitative estimate of drug-likeness (QED) is 0.881. The highest BCUT2D eigenvalue weighted by atomic mass is 79.9. The van der Waals surface area contributed by atoms with Crippen LogP contribution in [0.5, 0.6) is 0 Å². The van der Waals surface area contributed by atoms with E-state index in [1.54, 1.807) is 0 Å². The molecule has 0 spiro atoms. The summed E-state index contributed by atoms with van der Waals surface area (Å²) in [6, 6.07) is 9.16. The normalized spacial score (nSPS) is 17.7. The molecule has 2 heterocycles. The number of rotatable bonds is 3. The van der Waals surface area contributed by atoms with E-state index in [9.17, 15) is 0 Å². The lowest BCUT2D eigenvalue weighted by Crippen LogP contribution is -2.24. The Morgan fingerprint density at radius 2 is 2.05 bits per heavy atom. The van der Waals surface area contributed by atoms with Crippen LogP contribution in [0.3, 0.4) is 0 Å². The molecule has 1 atom stereocenters. The van der Waals surface area contributed by atoms with Crippen molar-refractivity contribution in [1.29, 1.82) is 0 Å². The molecule has 0 saturated heterocycles. The number of benzene rings is 1. The van der Waals surface area contributed by atoms with Gasteiger partial charge in [-0.2, -0.15) is 5.10 Å². The van der Waals surface area contributed by atoms with E-state index in [1.807, 2.05) is 0 Å². The predicted molar refractivity (Wildman–Crippen MR) is 90.9 cm³/mol. The first-order valence-corrected chi connectivity index (χ1v) is 8.43. The first-order valence-electron chi connectivity index (χ1n) is 7.63. The maximum atomic E-state index is 4.88. The lowest BCUT2D eigenvalue weighted by Gasteiger charge is -2.26.